The van der Waals surface area contributed by atoms with Gasteiger partial charge in [-0.3, -0.25) is 0 Å². The highest BCUT2D eigenvalue weighted by Crippen LogP contribution is 2.38. The van der Waals surface area contributed by atoms with Crippen LogP contribution in [0.25, 0.3) is 0 Å². The van der Waals surface area contributed by atoms with Gasteiger partial charge >= 0.3 is 6.18 Å². The van der Waals surface area contributed by atoms with Crippen molar-refractivity contribution < 1.29 is 18.0 Å². The van der Waals surface area contributed by atoms with Gasteiger partial charge in [0.2, 0.25) is 0 Å². The summed E-state index contributed by atoms with van der Waals surface area (Å²) in [6.45, 7) is 6.18. The number of anilines is 2. The van der Waals surface area contributed by atoms with Crippen molar-refractivity contribution in [3.8, 4) is 0 Å². The molecule has 0 aliphatic carbocycles. The largest absolute Gasteiger partial charge is 0.416 e. The Kier molecular flexibility index (Phi) is 5.25. The van der Waals surface area contributed by atoms with Crippen LogP contribution in [-0.4, -0.2) is 4.62 Å². The predicted octanol–water partition coefficient (Wildman–Crippen LogP) is 6.92. The fourth-order valence-electron chi connectivity index (χ4n) is 2.98. The van der Waals surface area contributed by atoms with E-state index in [9.17, 15) is 13.2 Å². The van der Waals surface area contributed by atoms with Crippen molar-refractivity contribution >= 4 is 31.9 Å². The molecule has 3 rings (SSSR count). The first-order valence-electron chi connectivity index (χ1n) is 8.51. The average Bonchev–Trinajstić information content (AvgIpc) is 3.00. The van der Waals surface area contributed by atoms with Crippen LogP contribution in [0.5, 0.6) is 0 Å². The molecule has 1 heterocycles. The Morgan fingerprint density at radius 3 is 2.44 bits per heavy atom. The fourth-order valence-corrected chi connectivity index (χ4v) is 3.35. The van der Waals surface area contributed by atoms with Crippen molar-refractivity contribution in [2.75, 3.05) is 5.32 Å². The van der Waals surface area contributed by atoms with Gasteiger partial charge in [0.15, 0.2) is 6.10 Å². The molecule has 0 spiro atoms. The van der Waals surface area contributed by atoms with Crippen LogP contribution in [0.15, 0.2) is 47.6 Å². The van der Waals surface area contributed by atoms with Crippen LogP contribution in [0.4, 0.5) is 24.5 Å². The minimum Gasteiger partial charge on any atom is -0.386 e. The number of nitrogens with zero attached hydrogens (tertiary/aromatic N) is 1. The number of benzene rings is 2. The number of rotatable bonds is 3. The lowest BCUT2D eigenvalue weighted by atomic mass is 9.84. The normalized spacial score (nSPS) is 17.4. The van der Waals surface area contributed by atoms with Gasteiger partial charge < -0.3 is 10.2 Å². The molecular formula is C20H20BrF3N2O. The third-order valence-electron chi connectivity index (χ3n) is 4.33. The highest BCUT2D eigenvalue weighted by molar-refractivity contribution is 9.18. The molecule has 0 fully saturated rings. The highest BCUT2D eigenvalue weighted by atomic mass is 79.9. The number of nitrogens with one attached hydrogen (secondary N) is 1. The van der Waals surface area contributed by atoms with Crippen LogP contribution in [0.2, 0.25) is 0 Å². The summed E-state index contributed by atoms with van der Waals surface area (Å²) in [5, 5.41) is 7.07. The maximum absolute atomic E-state index is 13.0. The van der Waals surface area contributed by atoms with E-state index in [0.717, 1.165) is 33.6 Å². The van der Waals surface area contributed by atoms with E-state index < -0.39 is 11.7 Å². The van der Waals surface area contributed by atoms with E-state index >= 15 is 0 Å². The van der Waals surface area contributed by atoms with Crippen LogP contribution in [-0.2, 0) is 16.4 Å². The fraction of sp³-hybridized carbons (Fsp3) is 0.350. The van der Waals surface area contributed by atoms with Crippen LogP contribution < -0.4 is 5.32 Å². The van der Waals surface area contributed by atoms with Crippen molar-refractivity contribution in [2.24, 2.45) is 5.16 Å². The van der Waals surface area contributed by atoms with Gasteiger partial charge in [-0.15, -0.1) is 0 Å². The second-order valence-corrected chi connectivity index (χ2v) is 8.44. The molecule has 2 aromatic rings. The SMILES string of the molecule is CC(C)(C)c1ccc([C@@H]2CC(Br)=NO2)cc1Nc1cccc(C(F)(F)F)c1. The van der Waals surface area contributed by atoms with E-state index in [0.29, 0.717) is 12.1 Å². The van der Waals surface area contributed by atoms with Crippen LogP contribution in [0.1, 0.15) is 50.0 Å². The Labute approximate surface area is 164 Å². The first-order valence-corrected chi connectivity index (χ1v) is 9.30. The molecular weight excluding hydrogens is 421 g/mol. The highest BCUT2D eigenvalue weighted by Gasteiger charge is 2.30. The number of halogens is 4. The summed E-state index contributed by atoms with van der Waals surface area (Å²) < 4.78 is 39.8. The monoisotopic (exact) mass is 440 g/mol. The minimum atomic E-state index is -4.38. The van der Waals surface area contributed by atoms with Crippen molar-refractivity contribution in [3.63, 3.8) is 0 Å². The van der Waals surface area contributed by atoms with Gasteiger partial charge in [0, 0.05) is 17.8 Å². The summed E-state index contributed by atoms with van der Waals surface area (Å²) in [7, 11) is 0. The second kappa shape index (κ2) is 7.19. The molecule has 0 saturated heterocycles. The molecule has 144 valence electrons. The summed E-state index contributed by atoms with van der Waals surface area (Å²) in [6, 6.07) is 11.1. The van der Waals surface area contributed by atoms with Crippen molar-refractivity contribution in [1.82, 2.24) is 0 Å². The average molecular weight is 441 g/mol. The van der Waals surface area contributed by atoms with Crippen molar-refractivity contribution in [1.29, 1.82) is 0 Å². The van der Waals surface area contributed by atoms with E-state index in [1.54, 1.807) is 6.07 Å². The van der Waals surface area contributed by atoms with Gasteiger partial charge in [-0.2, -0.15) is 13.2 Å². The summed E-state index contributed by atoms with van der Waals surface area (Å²) in [5.41, 5.74) is 2.19. The Hall–Kier alpha value is -2.02. The Bertz CT molecular complexity index is 872. The molecule has 1 atom stereocenters. The summed E-state index contributed by atoms with van der Waals surface area (Å²) >= 11 is 3.32. The molecule has 3 nitrogen and oxygen atoms in total. The zero-order chi connectivity index (χ0) is 19.8. The Balaban J connectivity index is 1.97. The minimum absolute atomic E-state index is 0.184. The smallest absolute Gasteiger partial charge is 0.386 e. The Morgan fingerprint density at radius 2 is 1.85 bits per heavy atom. The lowest BCUT2D eigenvalue weighted by molar-refractivity contribution is -0.137. The van der Waals surface area contributed by atoms with Gasteiger partial charge in [-0.05, 0) is 56.7 Å². The lowest BCUT2D eigenvalue weighted by Crippen LogP contribution is -2.14. The number of oxime groups is 1. The molecule has 1 N–H and O–H groups in total. The predicted molar refractivity (Wildman–Crippen MR) is 105 cm³/mol. The zero-order valence-electron chi connectivity index (χ0n) is 15.2. The lowest BCUT2D eigenvalue weighted by Gasteiger charge is -2.25. The van der Waals surface area contributed by atoms with Crippen LogP contribution >= 0.6 is 15.9 Å². The second-order valence-electron chi connectivity index (χ2n) is 7.52. The third kappa shape index (κ3) is 4.64. The standard InChI is InChI=1S/C20H20BrF3N2O/c1-19(2,3)15-8-7-12(17-11-18(21)26-27-17)9-16(15)25-14-6-4-5-13(10-14)20(22,23)24/h4-10,17,25H,11H2,1-3H3/t17-/m0/s1. The van der Waals surface area contributed by atoms with E-state index in [4.69, 9.17) is 4.84 Å². The van der Waals surface area contributed by atoms with Gasteiger partial charge in [0.1, 0.15) is 4.62 Å². The number of hydrogen-bond acceptors (Lipinski definition) is 3. The molecule has 27 heavy (non-hydrogen) atoms. The first-order chi connectivity index (χ1) is 12.5. The molecule has 0 amide bonds. The van der Waals surface area contributed by atoms with Gasteiger partial charge in [-0.1, -0.05) is 44.1 Å². The summed E-state index contributed by atoms with van der Waals surface area (Å²) in [4.78, 5) is 5.41. The molecule has 0 unspecified atom stereocenters. The molecule has 0 saturated carbocycles. The van der Waals surface area contributed by atoms with Crippen molar-refractivity contribution in [3.05, 3.63) is 59.2 Å². The zero-order valence-corrected chi connectivity index (χ0v) is 16.8. The quantitative estimate of drug-likeness (QED) is 0.561. The topological polar surface area (TPSA) is 33.6 Å². The van der Waals surface area contributed by atoms with Gasteiger partial charge in [0.05, 0.1) is 5.56 Å². The molecule has 0 radical (unpaired) electrons. The van der Waals surface area contributed by atoms with E-state index in [1.807, 2.05) is 18.2 Å². The Morgan fingerprint density at radius 1 is 1.11 bits per heavy atom. The van der Waals surface area contributed by atoms with Crippen LogP contribution in [0, 0.1) is 0 Å². The van der Waals surface area contributed by atoms with E-state index in [1.165, 1.54) is 6.07 Å². The summed E-state index contributed by atoms with van der Waals surface area (Å²) in [5.74, 6) is 0. The molecule has 1 aliphatic rings. The van der Waals surface area contributed by atoms with Crippen molar-refractivity contribution in [2.45, 2.75) is 44.9 Å². The van der Waals surface area contributed by atoms with Gasteiger partial charge in [0.25, 0.3) is 0 Å². The summed E-state index contributed by atoms with van der Waals surface area (Å²) in [6.07, 6.45) is -3.97. The molecule has 0 bridgehead atoms. The van der Waals surface area contributed by atoms with Crippen LogP contribution in [0.3, 0.4) is 0 Å². The van der Waals surface area contributed by atoms with Gasteiger partial charge in [-0.25, -0.2) is 0 Å². The molecule has 2 aromatic carbocycles. The molecule has 1 aliphatic heterocycles. The maximum atomic E-state index is 13.0. The van der Waals surface area contributed by atoms with E-state index in [2.05, 4.69) is 47.2 Å². The van der Waals surface area contributed by atoms with E-state index in [-0.39, 0.29) is 11.5 Å². The number of alkyl halides is 3. The first kappa shape index (κ1) is 19.7. The molecule has 7 heteroatoms. The number of hydrogen-bond donors (Lipinski definition) is 1. The maximum Gasteiger partial charge on any atom is 0.416 e. The third-order valence-corrected chi connectivity index (χ3v) is 4.79. The molecule has 0 aromatic heterocycles.